The van der Waals surface area contributed by atoms with Gasteiger partial charge in [-0.15, -0.1) is 0 Å². The topological polar surface area (TPSA) is 12.0 Å². The predicted molar refractivity (Wildman–Crippen MR) is 78.4 cm³/mol. The summed E-state index contributed by atoms with van der Waals surface area (Å²) in [6.45, 7) is 17.2. The molecule has 2 heteroatoms. The zero-order valence-corrected chi connectivity index (χ0v) is 13.1. The smallest absolute Gasteiger partial charge is 0.0158 e. The Morgan fingerprint density at radius 2 is 1.62 bits per heavy atom. The summed E-state index contributed by atoms with van der Waals surface area (Å²) in [7, 11) is 0. The second kappa shape index (κ2) is 6.90. The van der Waals surface area contributed by atoms with Gasteiger partial charge in [0.25, 0.3) is 0 Å². The van der Waals surface area contributed by atoms with Crippen molar-refractivity contribution in [3.63, 3.8) is 0 Å². The lowest BCUT2D eigenvalue weighted by atomic mass is 9.89. The van der Waals surface area contributed by atoms with Crippen LogP contribution in [0.2, 0.25) is 0 Å². The largest absolute Gasteiger partial charge is 0.313 e. The fourth-order valence-electron chi connectivity index (χ4n) is 1.49. The van der Waals surface area contributed by atoms with E-state index in [1.54, 1.807) is 0 Å². The standard InChI is InChI=1S/C14H31NS/c1-8-15-12(9-10-13(2,3)4)11-16-14(5,6)7/h12,15H,8-11H2,1-7H3. The van der Waals surface area contributed by atoms with Crippen LogP contribution >= 0.6 is 11.8 Å². The second-order valence-corrected chi connectivity index (χ2v) is 8.62. The number of rotatable bonds is 6. The molecular weight excluding hydrogens is 214 g/mol. The maximum absolute atomic E-state index is 3.61. The summed E-state index contributed by atoms with van der Waals surface area (Å²) in [6, 6.07) is 0.674. The Labute approximate surface area is 107 Å². The third-order valence-corrected chi connectivity index (χ3v) is 3.89. The molecule has 0 aromatic carbocycles. The van der Waals surface area contributed by atoms with Crippen LogP contribution in [0.15, 0.2) is 0 Å². The zero-order valence-electron chi connectivity index (χ0n) is 12.3. The van der Waals surface area contributed by atoms with E-state index >= 15 is 0 Å². The van der Waals surface area contributed by atoms with Gasteiger partial charge in [0.2, 0.25) is 0 Å². The monoisotopic (exact) mass is 245 g/mol. The van der Waals surface area contributed by atoms with Gasteiger partial charge in [-0.2, -0.15) is 11.8 Å². The van der Waals surface area contributed by atoms with Gasteiger partial charge in [-0.05, 0) is 24.8 Å². The van der Waals surface area contributed by atoms with E-state index in [0.29, 0.717) is 16.2 Å². The maximum atomic E-state index is 3.61. The minimum atomic E-state index is 0.384. The lowest BCUT2D eigenvalue weighted by Gasteiger charge is -2.26. The lowest BCUT2D eigenvalue weighted by molar-refractivity contribution is 0.340. The first-order valence-electron chi connectivity index (χ1n) is 6.51. The summed E-state index contributed by atoms with van der Waals surface area (Å²) in [5.41, 5.74) is 0.458. The van der Waals surface area contributed by atoms with Crippen molar-refractivity contribution in [3.8, 4) is 0 Å². The highest BCUT2D eigenvalue weighted by Crippen LogP contribution is 2.27. The molecule has 0 bridgehead atoms. The Bertz CT molecular complexity index is 158. The number of hydrogen-bond donors (Lipinski definition) is 1. The minimum absolute atomic E-state index is 0.384. The van der Waals surface area contributed by atoms with E-state index in [0.717, 1.165) is 6.54 Å². The van der Waals surface area contributed by atoms with Crippen molar-refractivity contribution in [2.24, 2.45) is 5.41 Å². The molecular formula is C14H31NS. The Hall–Kier alpha value is 0.310. The van der Waals surface area contributed by atoms with Gasteiger partial charge in [0.05, 0.1) is 0 Å². The first kappa shape index (κ1) is 16.3. The van der Waals surface area contributed by atoms with Gasteiger partial charge in [-0.1, -0.05) is 48.5 Å². The van der Waals surface area contributed by atoms with Gasteiger partial charge in [0.15, 0.2) is 0 Å². The molecule has 0 heterocycles. The Kier molecular flexibility index (Phi) is 7.04. The summed E-state index contributed by atoms with van der Waals surface area (Å²) in [4.78, 5) is 0. The molecule has 16 heavy (non-hydrogen) atoms. The molecule has 0 aliphatic carbocycles. The molecule has 0 radical (unpaired) electrons. The van der Waals surface area contributed by atoms with Gasteiger partial charge in [-0.3, -0.25) is 0 Å². The van der Waals surface area contributed by atoms with Crippen LogP contribution in [0.4, 0.5) is 0 Å². The molecule has 98 valence electrons. The number of nitrogens with one attached hydrogen (secondary N) is 1. The van der Waals surface area contributed by atoms with Crippen LogP contribution in [0.3, 0.4) is 0 Å². The molecule has 0 amide bonds. The fraction of sp³-hybridized carbons (Fsp3) is 1.00. The zero-order chi connectivity index (χ0) is 12.8. The van der Waals surface area contributed by atoms with Crippen molar-refractivity contribution in [2.45, 2.75) is 72.1 Å². The van der Waals surface area contributed by atoms with E-state index in [4.69, 9.17) is 0 Å². The predicted octanol–water partition coefficient (Wildman–Crippen LogP) is 4.32. The van der Waals surface area contributed by atoms with E-state index in [-0.39, 0.29) is 0 Å². The van der Waals surface area contributed by atoms with Crippen molar-refractivity contribution in [1.29, 1.82) is 0 Å². The first-order valence-corrected chi connectivity index (χ1v) is 7.50. The molecule has 1 N–H and O–H groups in total. The Balaban J connectivity index is 3.98. The average Bonchev–Trinajstić information content (AvgIpc) is 2.07. The van der Waals surface area contributed by atoms with Gasteiger partial charge in [0, 0.05) is 16.5 Å². The van der Waals surface area contributed by atoms with Crippen molar-refractivity contribution in [2.75, 3.05) is 12.3 Å². The van der Waals surface area contributed by atoms with E-state index in [9.17, 15) is 0 Å². The highest BCUT2D eigenvalue weighted by molar-refractivity contribution is 8.00. The first-order chi connectivity index (χ1) is 7.14. The third kappa shape index (κ3) is 10.8. The molecule has 1 unspecified atom stereocenters. The molecule has 0 spiro atoms. The number of hydrogen-bond acceptors (Lipinski definition) is 2. The molecule has 0 aromatic heterocycles. The fourth-order valence-corrected chi connectivity index (χ4v) is 2.48. The van der Waals surface area contributed by atoms with Crippen molar-refractivity contribution in [3.05, 3.63) is 0 Å². The molecule has 1 nitrogen and oxygen atoms in total. The van der Waals surface area contributed by atoms with Crippen molar-refractivity contribution in [1.82, 2.24) is 5.32 Å². The summed E-state index contributed by atoms with van der Waals surface area (Å²) in [5, 5.41) is 3.61. The quantitative estimate of drug-likeness (QED) is 0.748. The summed E-state index contributed by atoms with van der Waals surface area (Å²) < 4.78 is 0.384. The maximum Gasteiger partial charge on any atom is 0.0158 e. The molecule has 0 aliphatic rings. The minimum Gasteiger partial charge on any atom is -0.313 e. The van der Waals surface area contributed by atoms with Crippen LogP contribution in [0.1, 0.15) is 61.3 Å². The third-order valence-electron chi connectivity index (χ3n) is 2.45. The molecule has 0 saturated heterocycles. The van der Waals surface area contributed by atoms with Gasteiger partial charge >= 0.3 is 0 Å². The SMILES string of the molecule is CCNC(CCC(C)(C)C)CSC(C)(C)C. The van der Waals surface area contributed by atoms with Crippen LogP contribution in [0.25, 0.3) is 0 Å². The average molecular weight is 245 g/mol. The lowest BCUT2D eigenvalue weighted by Crippen LogP contribution is -2.33. The molecule has 0 aromatic rings. The highest BCUT2D eigenvalue weighted by Gasteiger charge is 2.18. The van der Waals surface area contributed by atoms with Crippen molar-refractivity contribution >= 4 is 11.8 Å². The van der Waals surface area contributed by atoms with E-state index in [1.807, 2.05) is 0 Å². The van der Waals surface area contributed by atoms with Crippen LogP contribution in [0.5, 0.6) is 0 Å². The molecule has 1 atom stereocenters. The van der Waals surface area contributed by atoms with Crippen LogP contribution in [0, 0.1) is 5.41 Å². The van der Waals surface area contributed by atoms with E-state index in [2.05, 4.69) is 65.5 Å². The van der Waals surface area contributed by atoms with E-state index < -0.39 is 0 Å². The van der Waals surface area contributed by atoms with Gasteiger partial charge in [0.1, 0.15) is 0 Å². The highest BCUT2D eigenvalue weighted by atomic mass is 32.2. The normalized spacial score (nSPS) is 15.2. The van der Waals surface area contributed by atoms with Crippen LogP contribution < -0.4 is 5.32 Å². The van der Waals surface area contributed by atoms with Crippen molar-refractivity contribution < 1.29 is 0 Å². The van der Waals surface area contributed by atoms with E-state index in [1.165, 1.54) is 18.6 Å². The number of thioether (sulfide) groups is 1. The second-order valence-electron chi connectivity index (χ2n) is 6.78. The molecule has 0 rings (SSSR count). The van der Waals surface area contributed by atoms with Gasteiger partial charge < -0.3 is 5.32 Å². The Morgan fingerprint density at radius 1 is 1.06 bits per heavy atom. The Morgan fingerprint density at radius 3 is 2.00 bits per heavy atom. The van der Waals surface area contributed by atoms with Gasteiger partial charge in [-0.25, -0.2) is 0 Å². The molecule has 0 saturated carbocycles. The van der Waals surface area contributed by atoms with Crippen LogP contribution in [-0.4, -0.2) is 23.1 Å². The molecule has 0 fully saturated rings. The summed E-state index contributed by atoms with van der Waals surface area (Å²) in [6.07, 6.45) is 2.59. The van der Waals surface area contributed by atoms with Crippen LogP contribution in [-0.2, 0) is 0 Å². The summed E-state index contributed by atoms with van der Waals surface area (Å²) >= 11 is 2.07. The molecule has 0 aliphatic heterocycles. The summed E-state index contributed by atoms with van der Waals surface area (Å²) in [5.74, 6) is 1.23.